The summed E-state index contributed by atoms with van der Waals surface area (Å²) in [5.41, 5.74) is 6.52. The van der Waals surface area contributed by atoms with E-state index in [1.54, 1.807) is 19.1 Å². The Morgan fingerprint density at radius 3 is 2.71 bits per heavy atom. The van der Waals surface area contributed by atoms with Crippen molar-refractivity contribution >= 4 is 5.82 Å². The molecular weight excluding hydrogens is 182 g/mol. The number of nitriles is 1. The van der Waals surface area contributed by atoms with Crippen LogP contribution in [0.15, 0.2) is 12.3 Å². The molecule has 0 amide bonds. The van der Waals surface area contributed by atoms with E-state index in [-0.39, 0.29) is 0 Å². The van der Waals surface area contributed by atoms with Gasteiger partial charge in [0, 0.05) is 11.8 Å². The summed E-state index contributed by atoms with van der Waals surface area (Å²) >= 11 is 0. The first kappa shape index (κ1) is 10.4. The molecule has 2 unspecified atom stereocenters. The summed E-state index contributed by atoms with van der Waals surface area (Å²) < 4.78 is 0. The maximum atomic E-state index is 9.51. The number of aliphatic hydroxyl groups is 2. The van der Waals surface area contributed by atoms with Crippen molar-refractivity contribution in [2.24, 2.45) is 0 Å². The molecule has 1 aromatic rings. The summed E-state index contributed by atoms with van der Waals surface area (Å²) in [4.78, 5) is 3.77. The lowest BCUT2D eigenvalue weighted by Gasteiger charge is -2.14. The fraction of sp³-hybridized carbons (Fsp3) is 0.333. The first-order valence-corrected chi connectivity index (χ1v) is 4.04. The van der Waals surface area contributed by atoms with Crippen LogP contribution in [0.3, 0.4) is 0 Å². The van der Waals surface area contributed by atoms with Gasteiger partial charge >= 0.3 is 0 Å². The zero-order chi connectivity index (χ0) is 10.7. The van der Waals surface area contributed by atoms with Gasteiger partial charge in [-0.15, -0.1) is 0 Å². The quantitative estimate of drug-likeness (QED) is 0.568. The van der Waals surface area contributed by atoms with E-state index >= 15 is 0 Å². The molecule has 0 aliphatic carbocycles. The van der Waals surface area contributed by atoms with Gasteiger partial charge < -0.3 is 15.9 Å². The number of nitrogens with zero attached hydrogens (tertiary/aromatic N) is 2. The number of pyridine rings is 1. The van der Waals surface area contributed by atoms with Crippen LogP contribution in [0.25, 0.3) is 0 Å². The van der Waals surface area contributed by atoms with Gasteiger partial charge in [-0.1, -0.05) is 0 Å². The van der Waals surface area contributed by atoms with Crippen molar-refractivity contribution in [3.8, 4) is 6.07 Å². The molecule has 5 heteroatoms. The van der Waals surface area contributed by atoms with E-state index in [1.807, 2.05) is 0 Å². The Labute approximate surface area is 81.4 Å². The Bertz CT molecular complexity index is 373. The lowest BCUT2D eigenvalue weighted by molar-refractivity contribution is 0.0521. The number of nitrogens with two attached hydrogens (primary N) is 1. The molecule has 1 rings (SSSR count). The highest BCUT2D eigenvalue weighted by Gasteiger charge is 2.19. The number of rotatable bonds is 2. The smallest absolute Gasteiger partial charge is 0.170 e. The number of hydrogen-bond acceptors (Lipinski definition) is 5. The van der Waals surface area contributed by atoms with Gasteiger partial charge in [0.25, 0.3) is 0 Å². The van der Waals surface area contributed by atoms with Crippen LogP contribution in [0.2, 0.25) is 0 Å². The topological polar surface area (TPSA) is 103 Å². The van der Waals surface area contributed by atoms with Gasteiger partial charge in [-0.25, -0.2) is 4.98 Å². The zero-order valence-electron chi connectivity index (χ0n) is 7.68. The molecule has 0 spiro atoms. The van der Waals surface area contributed by atoms with E-state index in [0.29, 0.717) is 16.9 Å². The molecule has 74 valence electrons. The van der Waals surface area contributed by atoms with Gasteiger partial charge in [-0.2, -0.15) is 5.26 Å². The van der Waals surface area contributed by atoms with E-state index in [9.17, 15) is 5.11 Å². The number of hydrogen-bond donors (Lipinski definition) is 3. The molecule has 0 aliphatic heterocycles. The second-order valence-electron chi connectivity index (χ2n) is 2.98. The Kier molecular flexibility index (Phi) is 3.02. The zero-order valence-corrected chi connectivity index (χ0v) is 7.68. The van der Waals surface area contributed by atoms with Crippen molar-refractivity contribution in [1.82, 2.24) is 4.98 Å². The molecule has 1 heterocycles. The molecule has 0 saturated carbocycles. The number of aromatic nitrogens is 1. The van der Waals surface area contributed by atoms with Crippen LogP contribution >= 0.6 is 0 Å². The third-order valence-corrected chi connectivity index (χ3v) is 1.92. The Balaban J connectivity index is 3.03. The highest BCUT2D eigenvalue weighted by Crippen LogP contribution is 2.20. The lowest BCUT2D eigenvalue weighted by Crippen LogP contribution is -2.17. The Hall–Kier alpha value is -1.64. The summed E-state index contributed by atoms with van der Waals surface area (Å²) in [5.74, 6) is 0.338. The molecule has 0 radical (unpaired) electrons. The monoisotopic (exact) mass is 193 g/mol. The molecule has 0 bridgehead atoms. The molecule has 5 nitrogen and oxygen atoms in total. The maximum absolute atomic E-state index is 9.51. The summed E-state index contributed by atoms with van der Waals surface area (Å²) in [6.45, 7) is 1.72. The minimum atomic E-state index is -1.45. The van der Waals surface area contributed by atoms with Crippen molar-refractivity contribution in [2.45, 2.75) is 19.1 Å². The van der Waals surface area contributed by atoms with Gasteiger partial charge in [0.1, 0.15) is 11.9 Å². The van der Waals surface area contributed by atoms with Crippen LogP contribution in [0.1, 0.15) is 17.2 Å². The predicted octanol–water partition coefficient (Wildman–Crippen LogP) is -0.110. The third-order valence-electron chi connectivity index (χ3n) is 1.92. The predicted molar refractivity (Wildman–Crippen MR) is 50.0 cm³/mol. The number of nitrogen functional groups attached to an aromatic ring is 1. The first-order chi connectivity index (χ1) is 6.56. The molecule has 0 saturated heterocycles. The minimum absolute atomic E-state index is 0.338. The summed E-state index contributed by atoms with van der Waals surface area (Å²) in [5, 5.41) is 27.0. The van der Waals surface area contributed by atoms with Crippen LogP contribution in [-0.4, -0.2) is 21.3 Å². The van der Waals surface area contributed by atoms with Crippen LogP contribution < -0.4 is 5.73 Å². The number of anilines is 1. The first-order valence-electron chi connectivity index (χ1n) is 4.04. The largest absolute Gasteiger partial charge is 0.384 e. The van der Waals surface area contributed by atoms with Gasteiger partial charge in [-0.3, -0.25) is 0 Å². The van der Waals surface area contributed by atoms with Crippen molar-refractivity contribution in [3.63, 3.8) is 0 Å². The van der Waals surface area contributed by atoms with Crippen LogP contribution in [0.4, 0.5) is 5.82 Å². The van der Waals surface area contributed by atoms with E-state index in [1.165, 1.54) is 6.20 Å². The molecule has 0 aromatic carbocycles. The summed E-state index contributed by atoms with van der Waals surface area (Å²) in [6.07, 6.45) is -1.33. The SMILES string of the molecule is Cc1cc(N)ncc1C(O)C(O)C#N. The number of aliphatic hydroxyl groups excluding tert-OH is 2. The van der Waals surface area contributed by atoms with Crippen LogP contribution in [-0.2, 0) is 0 Å². The van der Waals surface area contributed by atoms with Gasteiger partial charge in [0.15, 0.2) is 6.10 Å². The number of aryl methyl sites for hydroxylation is 1. The summed E-state index contributed by atoms with van der Waals surface area (Å²) in [6, 6.07) is 3.12. The molecule has 2 atom stereocenters. The average molecular weight is 193 g/mol. The van der Waals surface area contributed by atoms with E-state index < -0.39 is 12.2 Å². The third kappa shape index (κ3) is 1.99. The van der Waals surface area contributed by atoms with Gasteiger partial charge in [0.05, 0.1) is 6.07 Å². The molecule has 14 heavy (non-hydrogen) atoms. The van der Waals surface area contributed by atoms with E-state index in [0.717, 1.165) is 0 Å². The minimum Gasteiger partial charge on any atom is -0.384 e. The van der Waals surface area contributed by atoms with Crippen molar-refractivity contribution < 1.29 is 10.2 Å². The van der Waals surface area contributed by atoms with Crippen molar-refractivity contribution in [2.75, 3.05) is 5.73 Å². The summed E-state index contributed by atoms with van der Waals surface area (Å²) in [7, 11) is 0. The van der Waals surface area contributed by atoms with Gasteiger partial charge in [0.2, 0.25) is 0 Å². The second-order valence-corrected chi connectivity index (χ2v) is 2.98. The molecule has 0 fully saturated rings. The van der Waals surface area contributed by atoms with Crippen molar-refractivity contribution in [3.05, 3.63) is 23.4 Å². The van der Waals surface area contributed by atoms with E-state index in [2.05, 4.69) is 4.98 Å². The molecular formula is C9H11N3O2. The normalized spacial score (nSPS) is 14.4. The second kappa shape index (κ2) is 4.05. The highest BCUT2D eigenvalue weighted by atomic mass is 16.3. The van der Waals surface area contributed by atoms with Crippen LogP contribution in [0.5, 0.6) is 0 Å². The Morgan fingerprint density at radius 2 is 2.21 bits per heavy atom. The average Bonchev–Trinajstić information content (AvgIpc) is 2.15. The van der Waals surface area contributed by atoms with Crippen LogP contribution in [0, 0.1) is 18.3 Å². The maximum Gasteiger partial charge on any atom is 0.170 e. The fourth-order valence-corrected chi connectivity index (χ4v) is 1.14. The van der Waals surface area contributed by atoms with Gasteiger partial charge in [-0.05, 0) is 18.6 Å². The Morgan fingerprint density at radius 1 is 1.57 bits per heavy atom. The molecule has 4 N–H and O–H groups in total. The molecule has 1 aromatic heterocycles. The standard InChI is InChI=1S/C9H11N3O2/c1-5-2-8(11)12-4-6(5)9(14)7(13)3-10/h2,4,7,9,13-14H,1H3,(H2,11,12). The highest BCUT2D eigenvalue weighted by molar-refractivity contribution is 5.37. The fourth-order valence-electron chi connectivity index (χ4n) is 1.14. The van der Waals surface area contributed by atoms with Crippen molar-refractivity contribution in [1.29, 1.82) is 5.26 Å². The van der Waals surface area contributed by atoms with E-state index in [4.69, 9.17) is 16.1 Å². The molecule has 0 aliphatic rings. The lowest BCUT2D eigenvalue weighted by atomic mass is 10.0.